The van der Waals surface area contributed by atoms with Crippen LogP contribution in [0.25, 0.3) is 0 Å². The van der Waals surface area contributed by atoms with Gasteiger partial charge in [0, 0.05) is 18.9 Å². The Morgan fingerprint density at radius 1 is 0.912 bits per heavy atom. The van der Waals surface area contributed by atoms with Gasteiger partial charge in [-0.2, -0.15) is 4.31 Å². The number of amides is 1. The number of sulfonamides is 1. The van der Waals surface area contributed by atoms with E-state index in [0.29, 0.717) is 6.42 Å². The van der Waals surface area contributed by atoms with Crippen molar-refractivity contribution in [3.63, 3.8) is 0 Å². The van der Waals surface area contributed by atoms with Crippen LogP contribution in [0.1, 0.15) is 23.5 Å². The predicted octanol–water partition coefficient (Wildman–Crippen LogP) is 3.05. The standard InChI is InChI=1S/C26H26N2O5S/c29-25(27-23(26(30)31)18-19-10-4-1-5-11-19)24-22(20-12-6-2-7-13-20)16-17-28(24)34(32,33)21-14-8-3-9-15-21/h1-15,22-24H,16-18H2,(H,27,29)(H,30,31)/t22?,23-,24-/m0/s1. The van der Waals surface area contributed by atoms with E-state index >= 15 is 0 Å². The maximum absolute atomic E-state index is 13.5. The van der Waals surface area contributed by atoms with E-state index in [2.05, 4.69) is 5.32 Å². The van der Waals surface area contributed by atoms with Crippen molar-refractivity contribution in [2.75, 3.05) is 6.54 Å². The minimum absolute atomic E-state index is 0.0933. The minimum Gasteiger partial charge on any atom is -0.480 e. The lowest BCUT2D eigenvalue weighted by Crippen LogP contribution is -2.52. The average Bonchev–Trinajstić information content (AvgIpc) is 3.32. The maximum atomic E-state index is 13.5. The van der Waals surface area contributed by atoms with Crippen LogP contribution in [0.4, 0.5) is 0 Å². The molecule has 1 fully saturated rings. The van der Waals surface area contributed by atoms with Crippen molar-refractivity contribution in [1.29, 1.82) is 0 Å². The van der Waals surface area contributed by atoms with Gasteiger partial charge in [-0.05, 0) is 29.7 Å². The van der Waals surface area contributed by atoms with E-state index in [1.54, 1.807) is 42.5 Å². The summed E-state index contributed by atoms with van der Waals surface area (Å²) in [5, 5.41) is 12.4. The Balaban J connectivity index is 1.66. The van der Waals surface area contributed by atoms with E-state index < -0.39 is 39.9 Å². The minimum atomic E-state index is -3.96. The summed E-state index contributed by atoms with van der Waals surface area (Å²) in [6, 6.07) is 24.0. The normalized spacial score (nSPS) is 19.4. The second-order valence-corrected chi connectivity index (χ2v) is 10.2. The molecule has 3 aromatic rings. The van der Waals surface area contributed by atoms with Gasteiger partial charge < -0.3 is 10.4 Å². The molecule has 1 aliphatic heterocycles. The molecule has 176 valence electrons. The van der Waals surface area contributed by atoms with Gasteiger partial charge in [0.2, 0.25) is 15.9 Å². The number of hydrogen-bond acceptors (Lipinski definition) is 4. The highest BCUT2D eigenvalue weighted by Gasteiger charge is 2.46. The number of benzene rings is 3. The van der Waals surface area contributed by atoms with Crippen molar-refractivity contribution in [1.82, 2.24) is 9.62 Å². The number of carboxylic acid groups (broad SMARTS) is 1. The summed E-state index contributed by atoms with van der Waals surface area (Å²) in [5.74, 6) is -2.19. The molecule has 1 heterocycles. The van der Waals surface area contributed by atoms with E-state index in [4.69, 9.17) is 0 Å². The third kappa shape index (κ3) is 5.03. The number of carbonyl (C=O) groups excluding carboxylic acids is 1. The van der Waals surface area contributed by atoms with Crippen LogP contribution in [0, 0.1) is 0 Å². The van der Waals surface area contributed by atoms with Gasteiger partial charge >= 0.3 is 5.97 Å². The Morgan fingerprint density at radius 3 is 2.06 bits per heavy atom. The zero-order valence-corrected chi connectivity index (χ0v) is 19.3. The molecule has 8 heteroatoms. The van der Waals surface area contributed by atoms with Gasteiger partial charge in [-0.1, -0.05) is 78.9 Å². The van der Waals surface area contributed by atoms with Crippen LogP contribution >= 0.6 is 0 Å². The highest BCUT2D eigenvalue weighted by Crippen LogP contribution is 2.37. The van der Waals surface area contributed by atoms with Crippen molar-refractivity contribution < 1.29 is 23.1 Å². The number of carboxylic acids is 1. The third-order valence-electron chi connectivity index (χ3n) is 6.10. The molecular weight excluding hydrogens is 452 g/mol. The average molecular weight is 479 g/mol. The van der Waals surface area contributed by atoms with Crippen molar-refractivity contribution >= 4 is 21.9 Å². The molecule has 7 nitrogen and oxygen atoms in total. The second kappa shape index (κ2) is 10.2. The number of aliphatic carboxylic acids is 1. The van der Waals surface area contributed by atoms with Gasteiger partial charge in [-0.3, -0.25) is 4.79 Å². The third-order valence-corrected chi connectivity index (χ3v) is 7.99. The van der Waals surface area contributed by atoms with E-state index in [0.717, 1.165) is 11.1 Å². The fraction of sp³-hybridized carbons (Fsp3) is 0.231. The number of nitrogens with one attached hydrogen (secondary N) is 1. The van der Waals surface area contributed by atoms with E-state index in [1.807, 2.05) is 36.4 Å². The van der Waals surface area contributed by atoms with Crippen LogP contribution < -0.4 is 5.32 Å². The second-order valence-electron chi connectivity index (χ2n) is 8.27. The number of carbonyl (C=O) groups is 2. The molecule has 0 radical (unpaired) electrons. The number of rotatable bonds is 8. The van der Waals surface area contributed by atoms with Crippen molar-refractivity contribution in [2.24, 2.45) is 0 Å². The van der Waals surface area contributed by atoms with Crippen LogP contribution in [-0.2, 0) is 26.0 Å². The van der Waals surface area contributed by atoms with E-state index in [-0.39, 0.29) is 17.9 Å². The van der Waals surface area contributed by atoms with Gasteiger partial charge in [0.05, 0.1) is 4.90 Å². The molecule has 2 N–H and O–H groups in total. The quantitative estimate of drug-likeness (QED) is 0.518. The Labute approximate surface area is 199 Å². The maximum Gasteiger partial charge on any atom is 0.326 e. The molecule has 1 amide bonds. The molecule has 1 aliphatic rings. The first-order chi connectivity index (χ1) is 16.4. The van der Waals surface area contributed by atoms with E-state index in [9.17, 15) is 23.1 Å². The lowest BCUT2D eigenvalue weighted by molar-refractivity contribution is -0.142. The number of hydrogen-bond donors (Lipinski definition) is 2. The van der Waals surface area contributed by atoms with Gasteiger partial charge in [0.1, 0.15) is 12.1 Å². The lowest BCUT2D eigenvalue weighted by Gasteiger charge is -2.28. The summed E-state index contributed by atoms with van der Waals surface area (Å²) >= 11 is 0. The summed E-state index contributed by atoms with van der Waals surface area (Å²) in [7, 11) is -3.96. The van der Waals surface area contributed by atoms with Gasteiger partial charge in [-0.25, -0.2) is 13.2 Å². The topological polar surface area (TPSA) is 104 Å². The van der Waals surface area contributed by atoms with Crippen LogP contribution in [0.15, 0.2) is 95.9 Å². The lowest BCUT2D eigenvalue weighted by atomic mass is 9.91. The summed E-state index contributed by atoms with van der Waals surface area (Å²) < 4.78 is 28.1. The Kier molecular flexibility index (Phi) is 7.09. The van der Waals surface area contributed by atoms with Crippen molar-refractivity contribution in [3.8, 4) is 0 Å². The van der Waals surface area contributed by atoms with Gasteiger partial charge in [0.25, 0.3) is 0 Å². The zero-order chi connectivity index (χ0) is 24.1. The monoisotopic (exact) mass is 478 g/mol. The zero-order valence-electron chi connectivity index (χ0n) is 18.4. The number of nitrogens with zero attached hydrogens (tertiary/aromatic N) is 1. The smallest absolute Gasteiger partial charge is 0.326 e. The molecule has 0 bridgehead atoms. The van der Waals surface area contributed by atoms with E-state index in [1.165, 1.54) is 16.4 Å². The molecular formula is C26H26N2O5S. The molecule has 0 spiro atoms. The first kappa shape index (κ1) is 23.7. The molecule has 0 aromatic heterocycles. The predicted molar refractivity (Wildman–Crippen MR) is 128 cm³/mol. The van der Waals surface area contributed by atoms with Gasteiger partial charge in [0.15, 0.2) is 0 Å². The molecule has 3 atom stereocenters. The highest BCUT2D eigenvalue weighted by atomic mass is 32.2. The molecule has 4 rings (SSSR count). The molecule has 0 aliphatic carbocycles. The van der Waals surface area contributed by atoms with Crippen LogP contribution in [0.3, 0.4) is 0 Å². The molecule has 34 heavy (non-hydrogen) atoms. The Hall–Kier alpha value is -3.49. The first-order valence-electron chi connectivity index (χ1n) is 11.1. The largest absolute Gasteiger partial charge is 0.480 e. The summed E-state index contributed by atoms with van der Waals surface area (Å²) in [4.78, 5) is 25.6. The summed E-state index contributed by atoms with van der Waals surface area (Å²) in [5.41, 5.74) is 1.60. The first-order valence-corrected chi connectivity index (χ1v) is 12.5. The summed E-state index contributed by atoms with van der Waals surface area (Å²) in [6.07, 6.45) is 0.542. The molecule has 1 unspecified atom stereocenters. The highest BCUT2D eigenvalue weighted by molar-refractivity contribution is 7.89. The molecule has 3 aromatic carbocycles. The van der Waals surface area contributed by atoms with Crippen LogP contribution in [-0.4, -0.2) is 48.3 Å². The van der Waals surface area contributed by atoms with Gasteiger partial charge in [-0.15, -0.1) is 0 Å². The Morgan fingerprint density at radius 2 is 1.47 bits per heavy atom. The Bertz CT molecular complexity index is 1230. The molecule has 0 saturated carbocycles. The SMILES string of the molecule is O=C(O)[C@H](Cc1ccccc1)NC(=O)[C@@H]1C(c2ccccc2)CCN1S(=O)(=O)c1ccccc1. The van der Waals surface area contributed by atoms with Crippen molar-refractivity contribution in [3.05, 3.63) is 102 Å². The molecule has 1 saturated heterocycles. The van der Waals surface area contributed by atoms with Crippen LogP contribution in [0.5, 0.6) is 0 Å². The summed E-state index contributed by atoms with van der Waals surface area (Å²) in [6.45, 7) is 0.158. The van der Waals surface area contributed by atoms with Crippen LogP contribution in [0.2, 0.25) is 0 Å². The fourth-order valence-corrected chi connectivity index (χ4v) is 6.09. The van der Waals surface area contributed by atoms with Crippen molar-refractivity contribution in [2.45, 2.75) is 35.7 Å². The fourth-order valence-electron chi connectivity index (χ4n) is 4.43.